The first kappa shape index (κ1) is 13.6. The van der Waals surface area contributed by atoms with Crippen LogP contribution in [0, 0.1) is 5.92 Å². The minimum Gasteiger partial charge on any atom is -0.376 e. The summed E-state index contributed by atoms with van der Waals surface area (Å²) in [5.41, 5.74) is 7.26. The van der Waals surface area contributed by atoms with Crippen LogP contribution in [0.5, 0.6) is 0 Å². The maximum absolute atomic E-state index is 5.83. The molecule has 1 aliphatic rings. The number of rotatable bonds is 4. The van der Waals surface area contributed by atoms with Gasteiger partial charge in [-0.05, 0) is 57.1 Å². The summed E-state index contributed by atoms with van der Waals surface area (Å²) >= 11 is 0. The lowest BCUT2D eigenvalue weighted by Crippen LogP contribution is -2.36. The molecule has 0 amide bonds. The minimum absolute atomic E-state index is 0.0184. The zero-order valence-electron chi connectivity index (χ0n) is 11.6. The van der Waals surface area contributed by atoms with E-state index in [4.69, 9.17) is 10.5 Å². The van der Waals surface area contributed by atoms with E-state index in [1.54, 1.807) is 0 Å². The summed E-state index contributed by atoms with van der Waals surface area (Å²) in [7, 11) is 0. The fraction of sp³-hybridized carbons (Fsp3) is 0.625. The highest BCUT2D eigenvalue weighted by Gasteiger charge is 2.33. The third-order valence-corrected chi connectivity index (χ3v) is 4.01. The summed E-state index contributed by atoms with van der Waals surface area (Å²) in [5.74, 6) is 1.28. The molecule has 2 nitrogen and oxygen atoms in total. The smallest absolute Gasteiger partial charge is 0.0629 e. The Morgan fingerprint density at radius 2 is 2.06 bits per heavy atom. The maximum Gasteiger partial charge on any atom is 0.0629 e. The fourth-order valence-corrected chi connectivity index (χ4v) is 3.18. The second kappa shape index (κ2) is 5.85. The molecule has 2 heteroatoms. The first-order valence-corrected chi connectivity index (χ1v) is 7.01. The third-order valence-electron chi connectivity index (χ3n) is 4.01. The monoisotopic (exact) mass is 247 g/mol. The Labute approximate surface area is 111 Å². The Bertz CT molecular complexity index is 361. The summed E-state index contributed by atoms with van der Waals surface area (Å²) in [5, 5.41) is 0. The molecule has 1 aromatic carbocycles. The van der Waals surface area contributed by atoms with Crippen LogP contribution in [0.3, 0.4) is 0 Å². The summed E-state index contributed by atoms with van der Waals surface area (Å²) in [6.07, 6.45) is 3.36. The van der Waals surface area contributed by atoms with Crippen LogP contribution >= 0.6 is 0 Å². The Kier molecular flexibility index (Phi) is 4.41. The summed E-state index contributed by atoms with van der Waals surface area (Å²) in [6.45, 7) is 6.04. The molecule has 1 aliphatic heterocycles. The van der Waals surface area contributed by atoms with E-state index in [9.17, 15) is 0 Å². The molecule has 2 atom stereocenters. The van der Waals surface area contributed by atoms with Crippen molar-refractivity contribution in [3.05, 3.63) is 35.9 Å². The Morgan fingerprint density at radius 1 is 1.33 bits per heavy atom. The van der Waals surface area contributed by atoms with Gasteiger partial charge in [-0.2, -0.15) is 0 Å². The molecule has 0 radical (unpaired) electrons. The molecule has 0 spiro atoms. The van der Waals surface area contributed by atoms with Gasteiger partial charge in [0.25, 0.3) is 0 Å². The van der Waals surface area contributed by atoms with Crippen molar-refractivity contribution in [1.29, 1.82) is 0 Å². The first-order valence-electron chi connectivity index (χ1n) is 7.01. The van der Waals surface area contributed by atoms with Crippen LogP contribution in [-0.2, 0) is 4.74 Å². The first-order chi connectivity index (χ1) is 8.62. The average molecular weight is 247 g/mol. The van der Waals surface area contributed by atoms with Crippen LogP contribution in [0.4, 0.5) is 0 Å². The summed E-state index contributed by atoms with van der Waals surface area (Å²) < 4.78 is 5.83. The topological polar surface area (TPSA) is 35.2 Å². The van der Waals surface area contributed by atoms with Crippen molar-refractivity contribution in [2.75, 3.05) is 13.2 Å². The van der Waals surface area contributed by atoms with E-state index < -0.39 is 0 Å². The van der Waals surface area contributed by atoms with Crippen LogP contribution in [0.2, 0.25) is 0 Å². The molecule has 0 aromatic heterocycles. The predicted octanol–water partition coefficient (Wildman–Crippen LogP) is 3.32. The number of nitrogens with two attached hydrogens (primary N) is 1. The largest absolute Gasteiger partial charge is 0.376 e. The highest BCUT2D eigenvalue weighted by molar-refractivity contribution is 5.20. The lowest BCUT2D eigenvalue weighted by atomic mass is 9.75. The standard InChI is InChI=1S/C16H25NO/c1-16(2)12-14(9-11-18-16)15(8-10-17)13-6-4-3-5-7-13/h3-7,14-15H,8-12,17H2,1-2H3/t14-,15+/m1/s1. The van der Waals surface area contributed by atoms with Crippen molar-refractivity contribution in [3.8, 4) is 0 Å². The van der Waals surface area contributed by atoms with Gasteiger partial charge >= 0.3 is 0 Å². The molecule has 0 saturated carbocycles. The van der Waals surface area contributed by atoms with E-state index in [0.717, 1.165) is 32.4 Å². The quantitative estimate of drug-likeness (QED) is 0.885. The molecule has 0 bridgehead atoms. The Morgan fingerprint density at radius 3 is 2.67 bits per heavy atom. The molecular weight excluding hydrogens is 222 g/mol. The van der Waals surface area contributed by atoms with Gasteiger partial charge in [-0.15, -0.1) is 0 Å². The summed E-state index contributed by atoms with van der Waals surface area (Å²) in [4.78, 5) is 0. The third kappa shape index (κ3) is 3.33. The van der Waals surface area contributed by atoms with E-state index in [2.05, 4.69) is 44.2 Å². The normalized spacial score (nSPS) is 24.7. The van der Waals surface area contributed by atoms with E-state index in [0.29, 0.717) is 11.8 Å². The molecule has 2 rings (SSSR count). The zero-order valence-corrected chi connectivity index (χ0v) is 11.6. The Balaban J connectivity index is 2.15. The van der Waals surface area contributed by atoms with Gasteiger partial charge in [0.15, 0.2) is 0 Å². The van der Waals surface area contributed by atoms with Crippen molar-refractivity contribution >= 4 is 0 Å². The maximum atomic E-state index is 5.83. The molecule has 1 aromatic rings. The molecule has 1 heterocycles. The van der Waals surface area contributed by atoms with Gasteiger partial charge in [0.2, 0.25) is 0 Å². The Hall–Kier alpha value is -0.860. The van der Waals surface area contributed by atoms with Gasteiger partial charge < -0.3 is 10.5 Å². The molecule has 18 heavy (non-hydrogen) atoms. The van der Waals surface area contributed by atoms with Gasteiger partial charge in [-0.3, -0.25) is 0 Å². The second-order valence-electron chi connectivity index (χ2n) is 5.96. The fourth-order valence-electron chi connectivity index (χ4n) is 3.18. The average Bonchev–Trinajstić information content (AvgIpc) is 2.36. The van der Waals surface area contributed by atoms with Crippen LogP contribution in [-0.4, -0.2) is 18.8 Å². The lowest BCUT2D eigenvalue weighted by molar-refractivity contribution is -0.0771. The van der Waals surface area contributed by atoms with Gasteiger partial charge in [0, 0.05) is 6.61 Å². The predicted molar refractivity (Wildman–Crippen MR) is 75.6 cm³/mol. The van der Waals surface area contributed by atoms with Crippen LogP contribution in [0.15, 0.2) is 30.3 Å². The van der Waals surface area contributed by atoms with E-state index >= 15 is 0 Å². The number of ether oxygens (including phenoxy) is 1. The van der Waals surface area contributed by atoms with Crippen molar-refractivity contribution in [1.82, 2.24) is 0 Å². The van der Waals surface area contributed by atoms with Crippen LogP contribution in [0.25, 0.3) is 0 Å². The second-order valence-corrected chi connectivity index (χ2v) is 5.96. The highest BCUT2D eigenvalue weighted by Crippen LogP contribution is 2.39. The van der Waals surface area contributed by atoms with E-state index in [1.165, 1.54) is 5.56 Å². The van der Waals surface area contributed by atoms with Gasteiger partial charge in [-0.1, -0.05) is 30.3 Å². The summed E-state index contributed by atoms with van der Waals surface area (Å²) in [6, 6.07) is 10.8. The molecule has 1 saturated heterocycles. The molecular formula is C16H25NO. The lowest BCUT2D eigenvalue weighted by Gasteiger charge is -2.39. The number of hydrogen-bond donors (Lipinski definition) is 1. The van der Waals surface area contributed by atoms with Crippen LogP contribution < -0.4 is 5.73 Å². The van der Waals surface area contributed by atoms with Crippen molar-refractivity contribution < 1.29 is 4.74 Å². The van der Waals surface area contributed by atoms with Gasteiger partial charge in [0.05, 0.1) is 5.60 Å². The number of benzene rings is 1. The molecule has 0 aliphatic carbocycles. The van der Waals surface area contributed by atoms with E-state index in [-0.39, 0.29) is 5.60 Å². The number of hydrogen-bond acceptors (Lipinski definition) is 2. The van der Waals surface area contributed by atoms with E-state index in [1.807, 2.05) is 0 Å². The molecule has 1 fully saturated rings. The van der Waals surface area contributed by atoms with Crippen molar-refractivity contribution in [2.24, 2.45) is 11.7 Å². The minimum atomic E-state index is 0.0184. The van der Waals surface area contributed by atoms with Crippen molar-refractivity contribution in [2.45, 2.75) is 44.6 Å². The molecule has 0 unspecified atom stereocenters. The van der Waals surface area contributed by atoms with Crippen molar-refractivity contribution in [3.63, 3.8) is 0 Å². The van der Waals surface area contributed by atoms with Gasteiger partial charge in [-0.25, -0.2) is 0 Å². The molecule has 2 N–H and O–H groups in total. The molecule has 100 valence electrons. The van der Waals surface area contributed by atoms with Gasteiger partial charge in [0.1, 0.15) is 0 Å². The SMILES string of the molecule is CC1(C)C[C@H]([C@@H](CCN)c2ccccc2)CCO1. The van der Waals surface area contributed by atoms with Crippen LogP contribution in [0.1, 0.15) is 44.6 Å². The highest BCUT2D eigenvalue weighted by atomic mass is 16.5. The zero-order chi connectivity index (χ0) is 13.0.